The van der Waals surface area contributed by atoms with Crippen molar-refractivity contribution in [3.8, 4) is 22.5 Å². The summed E-state index contributed by atoms with van der Waals surface area (Å²) in [6.07, 6.45) is 3.51. The maximum atomic E-state index is 14.8. The first-order valence-electron chi connectivity index (χ1n) is 11.7. The van der Waals surface area contributed by atoms with Crippen molar-refractivity contribution >= 4 is 17.4 Å². The van der Waals surface area contributed by atoms with Crippen LogP contribution in [0.5, 0.6) is 0 Å². The standard InChI is InChI=1S/C27H20F2N6O2/c1-30-17-5-6-18(19(10-17)26-33-31-13-34(26)2)15-8-22(14-3-4-14)32-23(9-15)35-11-21-20(27(35)37)7-16(12-36)24(28)25(21)29/h5-10,13-14,36H,3-4,11-12H2,2H3. The van der Waals surface area contributed by atoms with Crippen LogP contribution in [-0.2, 0) is 20.2 Å². The van der Waals surface area contributed by atoms with E-state index in [0.717, 1.165) is 29.7 Å². The van der Waals surface area contributed by atoms with Crippen molar-refractivity contribution < 1.29 is 18.7 Å². The van der Waals surface area contributed by atoms with Gasteiger partial charge >= 0.3 is 0 Å². The summed E-state index contributed by atoms with van der Waals surface area (Å²) in [4.78, 5) is 22.9. The molecule has 0 radical (unpaired) electrons. The fourth-order valence-corrected chi connectivity index (χ4v) is 4.72. The number of hydrogen-bond acceptors (Lipinski definition) is 5. The Morgan fingerprint density at radius 3 is 2.59 bits per heavy atom. The van der Waals surface area contributed by atoms with Gasteiger partial charge in [0.15, 0.2) is 23.1 Å². The molecule has 0 unspecified atom stereocenters. The zero-order valence-corrected chi connectivity index (χ0v) is 19.7. The summed E-state index contributed by atoms with van der Waals surface area (Å²) in [5, 5.41) is 17.6. The van der Waals surface area contributed by atoms with E-state index in [1.165, 1.54) is 11.0 Å². The first kappa shape index (κ1) is 22.9. The van der Waals surface area contributed by atoms with E-state index in [-0.39, 0.29) is 29.2 Å². The molecule has 184 valence electrons. The number of fused-ring (bicyclic) bond motifs is 1. The van der Waals surface area contributed by atoms with Crippen LogP contribution in [0.1, 0.15) is 45.9 Å². The molecule has 1 saturated carbocycles. The van der Waals surface area contributed by atoms with Crippen LogP contribution >= 0.6 is 0 Å². The molecule has 1 amide bonds. The van der Waals surface area contributed by atoms with E-state index < -0.39 is 24.1 Å². The summed E-state index contributed by atoms with van der Waals surface area (Å²) < 4.78 is 30.9. The number of carbonyl (C=O) groups excluding carboxylic acids is 1. The lowest BCUT2D eigenvalue weighted by molar-refractivity contribution is 0.0995. The normalized spacial score (nSPS) is 14.7. The van der Waals surface area contributed by atoms with Crippen molar-refractivity contribution in [2.75, 3.05) is 4.90 Å². The molecule has 1 aliphatic heterocycles. The Morgan fingerprint density at radius 1 is 1.11 bits per heavy atom. The molecule has 2 aromatic heterocycles. The molecule has 2 aromatic carbocycles. The Morgan fingerprint density at radius 2 is 1.92 bits per heavy atom. The van der Waals surface area contributed by atoms with Crippen LogP contribution in [0, 0.1) is 18.2 Å². The van der Waals surface area contributed by atoms with E-state index in [4.69, 9.17) is 11.6 Å². The van der Waals surface area contributed by atoms with Gasteiger partial charge in [-0.15, -0.1) is 10.2 Å². The lowest BCUT2D eigenvalue weighted by Crippen LogP contribution is -2.24. The lowest BCUT2D eigenvalue weighted by Gasteiger charge is -2.18. The molecule has 0 spiro atoms. The zero-order chi connectivity index (χ0) is 25.8. The molecule has 2 aliphatic rings. The quantitative estimate of drug-likeness (QED) is 0.396. The van der Waals surface area contributed by atoms with Gasteiger partial charge in [-0.1, -0.05) is 12.1 Å². The Kier molecular flexibility index (Phi) is 5.31. The molecule has 0 saturated heterocycles. The number of aliphatic hydroxyl groups is 1. The SMILES string of the molecule is [C-]#[N+]c1ccc(-c2cc(C3CC3)nc(N3Cc4c(cc(CO)c(F)c4F)C3=O)c2)c(-c2nncn2C)c1. The van der Waals surface area contributed by atoms with Gasteiger partial charge in [-0.2, -0.15) is 0 Å². The number of aryl methyl sites for hydroxylation is 1. The number of amides is 1. The van der Waals surface area contributed by atoms with E-state index in [1.807, 2.05) is 19.2 Å². The summed E-state index contributed by atoms with van der Waals surface area (Å²) in [7, 11) is 1.81. The highest BCUT2D eigenvalue weighted by atomic mass is 19.2. The highest BCUT2D eigenvalue weighted by molar-refractivity contribution is 6.10. The molecule has 1 fully saturated rings. The lowest BCUT2D eigenvalue weighted by atomic mass is 9.97. The van der Waals surface area contributed by atoms with Gasteiger partial charge in [-0.05, 0) is 48.2 Å². The maximum absolute atomic E-state index is 14.8. The van der Waals surface area contributed by atoms with Crippen LogP contribution in [-0.4, -0.2) is 30.8 Å². The predicted octanol–water partition coefficient (Wildman–Crippen LogP) is 4.90. The Labute approximate surface area is 210 Å². The third-order valence-corrected chi connectivity index (χ3v) is 6.84. The number of pyridine rings is 1. The van der Waals surface area contributed by atoms with Crippen molar-refractivity contribution in [2.24, 2.45) is 7.05 Å². The second kappa shape index (κ2) is 8.57. The highest BCUT2D eigenvalue weighted by Crippen LogP contribution is 2.43. The van der Waals surface area contributed by atoms with Crippen LogP contribution in [0.3, 0.4) is 0 Å². The van der Waals surface area contributed by atoms with Gasteiger partial charge in [0.1, 0.15) is 12.1 Å². The third-order valence-electron chi connectivity index (χ3n) is 6.84. The van der Waals surface area contributed by atoms with Gasteiger partial charge in [0.2, 0.25) is 0 Å². The smallest absolute Gasteiger partial charge is 0.260 e. The van der Waals surface area contributed by atoms with Crippen LogP contribution in [0.25, 0.3) is 27.4 Å². The summed E-state index contributed by atoms with van der Waals surface area (Å²) in [5.74, 6) is -1.64. The first-order chi connectivity index (χ1) is 17.9. The molecular formula is C27H20F2N6O2. The zero-order valence-electron chi connectivity index (χ0n) is 19.7. The fraction of sp³-hybridized carbons (Fsp3) is 0.222. The number of carbonyl (C=O) groups is 1. The predicted molar refractivity (Wildman–Crippen MR) is 131 cm³/mol. The molecule has 1 aliphatic carbocycles. The van der Waals surface area contributed by atoms with Crippen LogP contribution in [0.4, 0.5) is 20.3 Å². The number of hydrogen-bond donors (Lipinski definition) is 1. The average Bonchev–Trinajstić information content (AvgIpc) is 3.60. The number of halogens is 2. The van der Waals surface area contributed by atoms with E-state index in [1.54, 1.807) is 29.1 Å². The molecule has 10 heteroatoms. The van der Waals surface area contributed by atoms with Gasteiger partial charge in [0, 0.05) is 40.9 Å². The maximum Gasteiger partial charge on any atom is 0.260 e. The molecule has 4 aromatic rings. The second-order valence-electron chi connectivity index (χ2n) is 9.26. The molecule has 3 heterocycles. The van der Waals surface area contributed by atoms with Crippen LogP contribution in [0.15, 0.2) is 42.7 Å². The molecule has 0 atom stereocenters. The van der Waals surface area contributed by atoms with Gasteiger partial charge in [-0.3, -0.25) is 9.69 Å². The number of nitrogens with zero attached hydrogens (tertiary/aromatic N) is 6. The van der Waals surface area contributed by atoms with Crippen LogP contribution in [0.2, 0.25) is 0 Å². The topological polar surface area (TPSA) is 88.5 Å². The molecule has 37 heavy (non-hydrogen) atoms. The first-order valence-corrected chi connectivity index (χ1v) is 11.7. The van der Waals surface area contributed by atoms with Gasteiger partial charge in [0.25, 0.3) is 5.91 Å². The monoisotopic (exact) mass is 498 g/mol. The van der Waals surface area contributed by atoms with E-state index in [2.05, 4.69) is 15.0 Å². The number of benzene rings is 2. The molecular weight excluding hydrogens is 478 g/mol. The number of aliphatic hydroxyl groups excluding tert-OH is 1. The van der Waals surface area contributed by atoms with E-state index >= 15 is 0 Å². The summed E-state index contributed by atoms with van der Waals surface area (Å²) in [6.45, 7) is 6.56. The second-order valence-corrected chi connectivity index (χ2v) is 9.26. The van der Waals surface area contributed by atoms with Gasteiger partial charge < -0.3 is 9.67 Å². The minimum Gasteiger partial charge on any atom is -0.392 e. The molecule has 0 bridgehead atoms. The van der Waals surface area contributed by atoms with Crippen molar-refractivity contribution in [3.63, 3.8) is 0 Å². The van der Waals surface area contributed by atoms with Gasteiger partial charge in [0.05, 0.1) is 19.7 Å². The van der Waals surface area contributed by atoms with Crippen molar-refractivity contribution in [3.05, 3.63) is 88.2 Å². The van der Waals surface area contributed by atoms with E-state index in [9.17, 15) is 18.7 Å². The number of aromatic nitrogens is 4. The summed E-state index contributed by atoms with van der Waals surface area (Å²) in [5.41, 5.74) is 3.18. The minimum absolute atomic E-state index is 0.0179. The summed E-state index contributed by atoms with van der Waals surface area (Å²) >= 11 is 0. The van der Waals surface area contributed by atoms with Crippen LogP contribution < -0.4 is 4.90 Å². The Balaban J connectivity index is 1.50. The average molecular weight is 498 g/mol. The van der Waals surface area contributed by atoms with Gasteiger partial charge in [-0.25, -0.2) is 18.6 Å². The summed E-state index contributed by atoms with van der Waals surface area (Å²) in [6, 6.07) is 10.2. The molecule has 8 nitrogen and oxygen atoms in total. The fourth-order valence-electron chi connectivity index (χ4n) is 4.72. The van der Waals surface area contributed by atoms with Crippen molar-refractivity contribution in [2.45, 2.75) is 31.9 Å². The van der Waals surface area contributed by atoms with E-state index in [0.29, 0.717) is 22.9 Å². The number of anilines is 1. The number of rotatable bonds is 5. The largest absolute Gasteiger partial charge is 0.392 e. The Hall–Kier alpha value is -4.49. The molecule has 1 N–H and O–H groups in total. The highest BCUT2D eigenvalue weighted by Gasteiger charge is 2.35. The van der Waals surface area contributed by atoms with Crippen molar-refractivity contribution in [1.82, 2.24) is 19.7 Å². The minimum atomic E-state index is -1.15. The Bertz CT molecular complexity index is 1640. The van der Waals surface area contributed by atoms with Crippen molar-refractivity contribution in [1.29, 1.82) is 0 Å². The molecule has 6 rings (SSSR count). The third kappa shape index (κ3) is 3.75.